The number of amides is 1. The number of nitrogens with one attached hydrogen (secondary N) is 1. The Labute approximate surface area is 104 Å². The average Bonchev–Trinajstić information content (AvgIpc) is 2.40. The summed E-state index contributed by atoms with van der Waals surface area (Å²) in [7, 11) is 0. The van der Waals surface area contributed by atoms with E-state index >= 15 is 0 Å². The van der Waals surface area contributed by atoms with Gasteiger partial charge in [-0.05, 0) is 29.3 Å². The molecule has 86 valence electrons. The van der Waals surface area contributed by atoms with Gasteiger partial charge in [0.05, 0.1) is 0 Å². The molecule has 1 heterocycles. The van der Waals surface area contributed by atoms with Crippen molar-refractivity contribution in [3.8, 4) is 11.1 Å². The van der Waals surface area contributed by atoms with Gasteiger partial charge >= 0.3 is 0 Å². The Morgan fingerprint density at radius 1 is 1.18 bits per heavy atom. The Kier molecular flexibility index (Phi) is 3.73. The molecule has 4 heteroatoms. The zero-order chi connectivity index (χ0) is 12.1. The van der Waals surface area contributed by atoms with E-state index in [-0.39, 0.29) is 11.8 Å². The number of benzene rings is 1. The van der Waals surface area contributed by atoms with Gasteiger partial charge in [-0.25, -0.2) is 0 Å². The average molecular weight is 247 g/mol. The molecule has 2 rings (SSSR count). The lowest BCUT2D eigenvalue weighted by molar-refractivity contribution is -0.113. The minimum Gasteiger partial charge on any atom is -0.325 e. The Balaban J connectivity index is 2.16. The smallest absolute Gasteiger partial charge is 0.239 e. The predicted octanol–water partition coefficient (Wildman–Crippen LogP) is 2.93. The first-order valence-corrected chi connectivity index (χ1v) is 5.69. The second-order valence-corrected chi connectivity index (χ2v) is 3.77. The maximum atomic E-state index is 11.1. The Bertz CT molecular complexity index is 497. The monoisotopic (exact) mass is 246 g/mol. The highest BCUT2D eigenvalue weighted by Crippen LogP contribution is 2.20. The van der Waals surface area contributed by atoms with Crippen molar-refractivity contribution in [3.63, 3.8) is 0 Å². The predicted molar refractivity (Wildman–Crippen MR) is 69.0 cm³/mol. The molecule has 0 spiro atoms. The van der Waals surface area contributed by atoms with Crippen LogP contribution < -0.4 is 5.32 Å². The third-order valence-corrected chi connectivity index (χ3v) is 2.53. The van der Waals surface area contributed by atoms with Gasteiger partial charge in [-0.3, -0.25) is 9.78 Å². The molecule has 1 amide bonds. The Morgan fingerprint density at radius 3 is 2.53 bits per heavy atom. The van der Waals surface area contributed by atoms with E-state index < -0.39 is 0 Å². The van der Waals surface area contributed by atoms with Crippen LogP contribution in [0.25, 0.3) is 11.1 Å². The summed E-state index contributed by atoms with van der Waals surface area (Å²) in [6.45, 7) is 0. The van der Waals surface area contributed by atoms with E-state index in [1.165, 1.54) is 0 Å². The maximum absolute atomic E-state index is 11.1. The topological polar surface area (TPSA) is 42.0 Å². The molecule has 0 unspecified atom stereocenters. The van der Waals surface area contributed by atoms with Gasteiger partial charge in [0.2, 0.25) is 5.91 Å². The molecule has 0 aliphatic rings. The van der Waals surface area contributed by atoms with Crippen molar-refractivity contribution in [2.75, 3.05) is 11.2 Å². The van der Waals surface area contributed by atoms with Crippen LogP contribution in [0.15, 0.2) is 48.8 Å². The third-order valence-electron chi connectivity index (χ3n) is 2.28. The molecule has 0 radical (unpaired) electrons. The first-order valence-electron chi connectivity index (χ1n) is 5.16. The SMILES string of the molecule is O=C(CCl)Nc1ccc(-c2cccnc2)cc1. The number of hydrogen-bond acceptors (Lipinski definition) is 2. The van der Waals surface area contributed by atoms with Crippen molar-refractivity contribution in [1.82, 2.24) is 4.98 Å². The van der Waals surface area contributed by atoms with Crippen LogP contribution in [0.2, 0.25) is 0 Å². The molecule has 1 aromatic heterocycles. The van der Waals surface area contributed by atoms with Crippen LogP contribution in [0.5, 0.6) is 0 Å². The summed E-state index contributed by atoms with van der Waals surface area (Å²) < 4.78 is 0. The molecule has 0 saturated heterocycles. The molecular formula is C13H11ClN2O. The lowest BCUT2D eigenvalue weighted by Gasteiger charge is -2.05. The Morgan fingerprint density at radius 2 is 1.94 bits per heavy atom. The molecule has 0 saturated carbocycles. The molecular weight excluding hydrogens is 236 g/mol. The van der Waals surface area contributed by atoms with Crippen molar-refractivity contribution in [2.24, 2.45) is 0 Å². The van der Waals surface area contributed by atoms with Gasteiger partial charge in [-0.15, -0.1) is 11.6 Å². The zero-order valence-corrected chi connectivity index (χ0v) is 9.82. The van der Waals surface area contributed by atoms with Crippen molar-refractivity contribution in [2.45, 2.75) is 0 Å². The van der Waals surface area contributed by atoms with Gasteiger partial charge in [0.25, 0.3) is 0 Å². The van der Waals surface area contributed by atoms with Crippen LogP contribution >= 0.6 is 11.6 Å². The fourth-order valence-corrected chi connectivity index (χ4v) is 1.54. The second kappa shape index (κ2) is 5.46. The van der Waals surface area contributed by atoms with E-state index in [1.54, 1.807) is 12.4 Å². The highest BCUT2D eigenvalue weighted by atomic mass is 35.5. The largest absolute Gasteiger partial charge is 0.325 e. The van der Waals surface area contributed by atoms with Crippen molar-refractivity contribution in [3.05, 3.63) is 48.8 Å². The number of hydrogen-bond donors (Lipinski definition) is 1. The van der Waals surface area contributed by atoms with E-state index in [4.69, 9.17) is 11.6 Å². The first kappa shape index (κ1) is 11.6. The van der Waals surface area contributed by atoms with E-state index in [1.807, 2.05) is 36.4 Å². The molecule has 2 aromatic rings. The molecule has 0 aliphatic carbocycles. The molecule has 1 aromatic carbocycles. The Hall–Kier alpha value is -1.87. The summed E-state index contributed by atoms with van der Waals surface area (Å²) in [5.41, 5.74) is 2.84. The maximum Gasteiger partial charge on any atom is 0.239 e. The van der Waals surface area contributed by atoms with Crippen LogP contribution in [-0.4, -0.2) is 16.8 Å². The normalized spacial score (nSPS) is 9.94. The number of carbonyl (C=O) groups is 1. The molecule has 1 N–H and O–H groups in total. The van der Waals surface area contributed by atoms with Gasteiger partial charge in [-0.2, -0.15) is 0 Å². The van der Waals surface area contributed by atoms with E-state index in [0.29, 0.717) is 0 Å². The fraction of sp³-hybridized carbons (Fsp3) is 0.0769. The minimum absolute atomic E-state index is 0.0373. The lowest BCUT2D eigenvalue weighted by Crippen LogP contribution is -2.12. The number of aromatic nitrogens is 1. The molecule has 0 atom stereocenters. The molecule has 0 bridgehead atoms. The van der Waals surface area contributed by atoms with Gasteiger partial charge in [0.1, 0.15) is 5.88 Å². The molecule has 0 aliphatic heterocycles. The highest BCUT2D eigenvalue weighted by Gasteiger charge is 2.01. The quantitative estimate of drug-likeness (QED) is 0.846. The standard InChI is InChI=1S/C13H11ClN2O/c14-8-13(17)16-12-5-3-10(4-6-12)11-2-1-7-15-9-11/h1-7,9H,8H2,(H,16,17). The fourth-order valence-electron chi connectivity index (χ4n) is 1.47. The molecule has 3 nitrogen and oxygen atoms in total. The van der Waals surface area contributed by atoms with Crippen molar-refractivity contribution >= 4 is 23.2 Å². The minimum atomic E-state index is -0.208. The summed E-state index contributed by atoms with van der Waals surface area (Å²) in [6.07, 6.45) is 3.53. The zero-order valence-electron chi connectivity index (χ0n) is 9.06. The van der Waals surface area contributed by atoms with E-state index in [0.717, 1.165) is 16.8 Å². The van der Waals surface area contributed by atoms with Gasteiger partial charge in [-0.1, -0.05) is 18.2 Å². The molecule has 17 heavy (non-hydrogen) atoms. The van der Waals surface area contributed by atoms with E-state index in [2.05, 4.69) is 10.3 Å². The second-order valence-electron chi connectivity index (χ2n) is 3.50. The number of carbonyl (C=O) groups excluding carboxylic acids is 1. The van der Waals surface area contributed by atoms with Gasteiger partial charge in [0.15, 0.2) is 0 Å². The van der Waals surface area contributed by atoms with Gasteiger partial charge < -0.3 is 5.32 Å². The number of nitrogens with zero attached hydrogens (tertiary/aromatic N) is 1. The summed E-state index contributed by atoms with van der Waals surface area (Å²) in [6, 6.07) is 11.4. The van der Waals surface area contributed by atoms with Crippen molar-refractivity contribution < 1.29 is 4.79 Å². The summed E-state index contributed by atoms with van der Waals surface area (Å²) in [5, 5.41) is 2.68. The highest BCUT2D eigenvalue weighted by molar-refractivity contribution is 6.29. The van der Waals surface area contributed by atoms with Crippen molar-refractivity contribution in [1.29, 1.82) is 0 Å². The third kappa shape index (κ3) is 3.04. The number of alkyl halides is 1. The van der Waals surface area contributed by atoms with Crippen LogP contribution in [0.4, 0.5) is 5.69 Å². The number of anilines is 1. The summed E-state index contributed by atoms with van der Waals surface area (Å²) in [5.74, 6) is -0.245. The van der Waals surface area contributed by atoms with Crippen LogP contribution in [0, 0.1) is 0 Å². The number of halogens is 1. The van der Waals surface area contributed by atoms with Crippen LogP contribution in [0.3, 0.4) is 0 Å². The number of pyridine rings is 1. The summed E-state index contributed by atoms with van der Waals surface area (Å²) in [4.78, 5) is 15.1. The number of rotatable bonds is 3. The van der Waals surface area contributed by atoms with E-state index in [9.17, 15) is 4.79 Å². The lowest BCUT2D eigenvalue weighted by atomic mass is 10.1. The van der Waals surface area contributed by atoms with Gasteiger partial charge in [0, 0.05) is 18.1 Å². The summed E-state index contributed by atoms with van der Waals surface area (Å²) >= 11 is 5.41. The molecule has 0 fully saturated rings. The first-order chi connectivity index (χ1) is 8.29. The van der Waals surface area contributed by atoms with Crippen LogP contribution in [-0.2, 0) is 4.79 Å². The van der Waals surface area contributed by atoms with Crippen LogP contribution in [0.1, 0.15) is 0 Å².